The number of sulfone groups is 1. The average molecular weight is 304 g/mol. The minimum Gasteiger partial charge on any atom is -0.379 e. The number of rotatable bonds is 2. The van der Waals surface area contributed by atoms with E-state index in [0.29, 0.717) is 26.4 Å². The molecule has 7 heteroatoms. The fraction of sp³-hybridized carbons (Fsp3) is 1.00. The maximum atomic E-state index is 12.2. The predicted molar refractivity (Wildman–Crippen MR) is 75.6 cm³/mol. The van der Waals surface area contributed by atoms with E-state index in [4.69, 9.17) is 9.47 Å². The number of hydrogen-bond donors (Lipinski definition) is 0. The Labute approximate surface area is 120 Å². The van der Waals surface area contributed by atoms with Crippen molar-refractivity contribution < 1.29 is 17.9 Å². The molecule has 0 aliphatic carbocycles. The lowest BCUT2D eigenvalue weighted by atomic mass is 9.91. The standard InChI is InChI=1S/C13H24N2O4S/c1-13(15-4-8-19-9-5-15)11-20(16,17)10-12(13)14-2-6-18-7-3-14/h12H,2-11H2,1H3. The van der Waals surface area contributed by atoms with Crippen LogP contribution >= 0.6 is 0 Å². The van der Waals surface area contributed by atoms with Gasteiger partial charge in [0.05, 0.1) is 37.9 Å². The first kappa shape index (κ1) is 14.7. The Morgan fingerprint density at radius 2 is 1.55 bits per heavy atom. The molecule has 0 spiro atoms. The summed E-state index contributed by atoms with van der Waals surface area (Å²) in [6, 6.07) is 0.0782. The molecule has 0 aromatic rings. The van der Waals surface area contributed by atoms with E-state index in [1.807, 2.05) is 0 Å². The normalized spacial score (nSPS) is 40.0. The van der Waals surface area contributed by atoms with E-state index in [2.05, 4.69) is 16.7 Å². The molecule has 3 saturated heterocycles. The Morgan fingerprint density at radius 1 is 1.00 bits per heavy atom. The van der Waals surface area contributed by atoms with Crippen LogP contribution in [0.15, 0.2) is 0 Å². The number of morpholine rings is 2. The molecule has 0 radical (unpaired) electrons. The van der Waals surface area contributed by atoms with E-state index in [-0.39, 0.29) is 23.1 Å². The van der Waals surface area contributed by atoms with E-state index in [1.165, 1.54) is 0 Å². The molecule has 3 aliphatic rings. The third kappa shape index (κ3) is 2.74. The van der Waals surface area contributed by atoms with Crippen LogP contribution < -0.4 is 0 Å². The second-order valence-corrected chi connectivity index (χ2v) is 8.28. The number of ether oxygens (including phenoxy) is 2. The highest BCUT2D eigenvalue weighted by Gasteiger charge is 2.53. The Bertz CT molecular complexity index is 443. The molecule has 116 valence electrons. The first-order chi connectivity index (χ1) is 9.51. The highest BCUT2D eigenvalue weighted by atomic mass is 32.2. The van der Waals surface area contributed by atoms with Gasteiger partial charge in [0.2, 0.25) is 0 Å². The Hall–Kier alpha value is -0.210. The van der Waals surface area contributed by atoms with Crippen molar-refractivity contribution in [2.75, 3.05) is 64.1 Å². The lowest BCUT2D eigenvalue weighted by molar-refractivity contribution is -0.0551. The van der Waals surface area contributed by atoms with Gasteiger partial charge >= 0.3 is 0 Å². The highest BCUT2D eigenvalue weighted by molar-refractivity contribution is 7.91. The molecule has 2 unspecified atom stereocenters. The minimum atomic E-state index is -2.97. The van der Waals surface area contributed by atoms with E-state index in [0.717, 1.165) is 26.2 Å². The average Bonchev–Trinajstić information content (AvgIpc) is 2.72. The van der Waals surface area contributed by atoms with Gasteiger partial charge in [-0.2, -0.15) is 0 Å². The van der Waals surface area contributed by atoms with Crippen LogP contribution in [0.3, 0.4) is 0 Å². The molecule has 0 aromatic heterocycles. The van der Waals surface area contributed by atoms with E-state index < -0.39 is 9.84 Å². The Morgan fingerprint density at radius 3 is 2.15 bits per heavy atom. The van der Waals surface area contributed by atoms with Gasteiger partial charge < -0.3 is 9.47 Å². The minimum absolute atomic E-state index is 0.0782. The smallest absolute Gasteiger partial charge is 0.153 e. The SMILES string of the molecule is CC1(N2CCOCC2)CS(=O)(=O)CC1N1CCOCC1. The van der Waals surface area contributed by atoms with Gasteiger partial charge in [-0.05, 0) is 6.92 Å². The third-order valence-electron chi connectivity index (χ3n) is 4.86. The van der Waals surface area contributed by atoms with Crippen molar-refractivity contribution in [3.63, 3.8) is 0 Å². The lowest BCUT2D eigenvalue weighted by Gasteiger charge is -2.47. The van der Waals surface area contributed by atoms with Crippen LogP contribution in [0.25, 0.3) is 0 Å². The van der Waals surface area contributed by atoms with Gasteiger partial charge in [-0.3, -0.25) is 9.80 Å². The van der Waals surface area contributed by atoms with Crippen molar-refractivity contribution in [1.82, 2.24) is 9.80 Å². The van der Waals surface area contributed by atoms with Gasteiger partial charge in [-0.1, -0.05) is 0 Å². The van der Waals surface area contributed by atoms with Gasteiger partial charge in [0.25, 0.3) is 0 Å². The van der Waals surface area contributed by atoms with Crippen molar-refractivity contribution in [2.24, 2.45) is 0 Å². The van der Waals surface area contributed by atoms with E-state index >= 15 is 0 Å². The first-order valence-electron chi connectivity index (χ1n) is 7.36. The molecule has 20 heavy (non-hydrogen) atoms. The van der Waals surface area contributed by atoms with Crippen molar-refractivity contribution >= 4 is 9.84 Å². The third-order valence-corrected chi connectivity index (χ3v) is 6.71. The largest absolute Gasteiger partial charge is 0.379 e. The van der Waals surface area contributed by atoms with Crippen molar-refractivity contribution in [1.29, 1.82) is 0 Å². The lowest BCUT2D eigenvalue weighted by Crippen LogP contribution is -2.63. The molecular weight excluding hydrogens is 280 g/mol. The summed E-state index contributed by atoms with van der Waals surface area (Å²) in [5.74, 6) is 0.545. The molecule has 6 nitrogen and oxygen atoms in total. The summed E-state index contributed by atoms with van der Waals surface area (Å²) in [5.41, 5.74) is -0.292. The molecule has 0 N–H and O–H groups in total. The fourth-order valence-corrected chi connectivity index (χ4v) is 6.22. The van der Waals surface area contributed by atoms with Crippen LogP contribution in [-0.2, 0) is 19.3 Å². The molecule has 0 saturated carbocycles. The molecule has 0 amide bonds. The first-order valence-corrected chi connectivity index (χ1v) is 9.18. The second kappa shape index (κ2) is 5.53. The van der Waals surface area contributed by atoms with Crippen molar-refractivity contribution in [3.05, 3.63) is 0 Å². The molecule has 3 aliphatic heterocycles. The second-order valence-electron chi connectivity index (χ2n) is 6.18. The van der Waals surface area contributed by atoms with Gasteiger partial charge in [-0.15, -0.1) is 0 Å². The number of hydrogen-bond acceptors (Lipinski definition) is 6. The van der Waals surface area contributed by atoms with Crippen LogP contribution in [0, 0.1) is 0 Å². The molecular formula is C13H24N2O4S. The topological polar surface area (TPSA) is 59.1 Å². The van der Waals surface area contributed by atoms with Gasteiger partial charge in [0.15, 0.2) is 9.84 Å². The maximum absolute atomic E-state index is 12.2. The van der Waals surface area contributed by atoms with Gasteiger partial charge in [0.1, 0.15) is 0 Å². The van der Waals surface area contributed by atoms with Crippen LogP contribution in [0.2, 0.25) is 0 Å². The molecule has 0 aromatic carbocycles. The molecule has 3 rings (SSSR count). The molecule has 3 heterocycles. The summed E-state index contributed by atoms with van der Waals surface area (Å²) >= 11 is 0. The van der Waals surface area contributed by atoms with Crippen LogP contribution in [0.4, 0.5) is 0 Å². The Kier molecular flexibility index (Phi) is 4.07. The summed E-state index contributed by atoms with van der Waals surface area (Å²) in [4.78, 5) is 4.63. The molecule has 2 atom stereocenters. The van der Waals surface area contributed by atoms with Crippen molar-refractivity contribution in [2.45, 2.75) is 18.5 Å². The van der Waals surface area contributed by atoms with Crippen LogP contribution in [0.5, 0.6) is 0 Å². The van der Waals surface area contributed by atoms with Gasteiger partial charge in [-0.25, -0.2) is 8.42 Å². The number of nitrogens with zero attached hydrogens (tertiary/aromatic N) is 2. The Balaban J connectivity index is 1.84. The van der Waals surface area contributed by atoms with E-state index in [9.17, 15) is 8.42 Å². The highest BCUT2D eigenvalue weighted by Crippen LogP contribution is 2.34. The van der Waals surface area contributed by atoms with Crippen LogP contribution in [-0.4, -0.2) is 93.9 Å². The fourth-order valence-electron chi connectivity index (χ4n) is 3.78. The molecule has 3 fully saturated rings. The van der Waals surface area contributed by atoms with Crippen molar-refractivity contribution in [3.8, 4) is 0 Å². The van der Waals surface area contributed by atoms with Crippen LogP contribution in [0.1, 0.15) is 6.92 Å². The monoisotopic (exact) mass is 304 g/mol. The zero-order chi connectivity index (χ0) is 14.2. The quantitative estimate of drug-likeness (QED) is 0.666. The molecule has 0 bridgehead atoms. The summed E-state index contributed by atoms with van der Waals surface area (Å²) in [6.45, 7) is 8.24. The zero-order valence-electron chi connectivity index (χ0n) is 12.1. The summed E-state index contributed by atoms with van der Waals surface area (Å²) < 4.78 is 35.3. The summed E-state index contributed by atoms with van der Waals surface area (Å²) in [6.07, 6.45) is 0. The summed E-state index contributed by atoms with van der Waals surface area (Å²) in [5, 5.41) is 0. The predicted octanol–water partition coefficient (Wildman–Crippen LogP) is -0.793. The summed E-state index contributed by atoms with van der Waals surface area (Å²) in [7, 11) is -2.97. The maximum Gasteiger partial charge on any atom is 0.153 e. The zero-order valence-corrected chi connectivity index (χ0v) is 12.9. The van der Waals surface area contributed by atoms with Gasteiger partial charge in [0, 0.05) is 37.8 Å². The van der Waals surface area contributed by atoms with E-state index in [1.54, 1.807) is 0 Å².